The molecule has 26 heavy (non-hydrogen) atoms. The quantitative estimate of drug-likeness (QED) is 0.833. The number of halogens is 4. The molecule has 2 aromatic carbocycles. The van der Waals surface area contributed by atoms with E-state index in [0.29, 0.717) is 36.0 Å². The second-order valence-electron chi connectivity index (χ2n) is 5.75. The number of carbonyl (C=O) groups excluding carboxylic acids is 1. The van der Waals surface area contributed by atoms with E-state index in [1.165, 1.54) is 12.1 Å². The standard InChI is InChI=1S/C18H15ClF3NO3/c19-13-9-15-16(26-7-1-6-25-15)10-14(13)23-17(24)8-11-2-4-12(5-3-11)18(20,21)22/h2-5,9-10H,1,6-8H2,(H,23,24). The van der Waals surface area contributed by atoms with Crippen LogP contribution in [0.3, 0.4) is 0 Å². The number of benzene rings is 2. The number of carbonyl (C=O) groups is 1. The van der Waals surface area contributed by atoms with E-state index in [1.807, 2.05) is 0 Å². The van der Waals surface area contributed by atoms with Crippen LogP contribution in [0.25, 0.3) is 0 Å². The van der Waals surface area contributed by atoms with Crippen LogP contribution in [0, 0.1) is 0 Å². The Morgan fingerprint density at radius 1 is 1.08 bits per heavy atom. The van der Waals surface area contributed by atoms with Gasteiger partial charge in [-0.3, -0.25) is 4.79 Å². The summed E-state index contributed by atoms with van der Waals surface area (Å²) in [6, 6.07) is 7.59. The van der Waals surface area contributed by atoms with Crippen LogP contribution in [0.5, 0.6) is 11.5 Å². The highest BCUT2D eigenvalue weighted by molar-refractivity contribution is 6.34. The Bertz CT molecular complexity index is 807. The van der Waals surface area contributed by atoms with Gasteiger partial charge in [0, 0.05) is 18.6 Å². The molecule has 0 radical (unpaired) electrons. The number of rotatable bonds is 3. The topological polar surface area (TPSA) is 47.6 Å². The third kappa shape index (κ3) is 4.40. The van der Waals surface area contributed by atoms with Crippen LogP contribution in [0.1, 0.15) is 17.5 Å². The fourth-order valence-electron chi connectivity index (χ4n) is 2.47. The number of alkyl halides is 3. The Labute approximate surface area is 152 Å². The van der Waals surface area contributed by atoms with Crippen molar-refractivity contribution in [3.05, 3.63) is 52.5 Å². The summed E-state index contributed by atoms with van der Waals surface area (Å²) in [6.07, 6.45) is -3.75. The lowest BCUT2D eigenvalue weighted by molar-refractivity contribution is -0.137. The minimum Gasteiger partial charge on any atom is -0.490 e. The van der Waals surface area contributed by atoms with E-state index < -0.39 is 17.6 Å². The fourth-order valence-corrected chi connectivity index (χ4v) is 2.67. The highest BCUT2D eigenvalue weighted by Crippen LogP contribution is 2.37. The first kappa shape index (κ1) is 18.4. The van der Waals surface area contributed by atoms with Gasteiger partial charge >= 0.3 is 6.18 Å². The van der Waals surface area contributed by atoms with Gasteiger partial charge in [-0.15, -0.1) is 0 Å². The van der Waals surface area contributed by atoms with Crippen molar-refractivity contribution < 1.29 is 27.4 Å². The van der Waals surface area contributed by atoms with Gasteiger partial charge in [-0.25, -0.2) is 0 Å². The van der Waals surface area contributed by atoms with Crippen molar-refractivity contribution in [2.24, 2.45) is 0 Å². The van der Waals surface area contributed by atoms with Crippen LogP contribution in [0.4, 0.5) is 18.9 Å². The summed E-state index contributed by atoms with van der Waals surface area (Å²) in [5, 5.41) is 2.93. The monoisotopic (exact) mass is 385 g/mol. The first-order valence-corrected chi connectivity index (χ1v) is 8.26. The zero-order valence-electron chi connectivity index (χ0n) is 13.5. The predicted molar refractivity (Wildman–Crippen MR) is 90.8 cm³/mol. The van der Waals surface area contributed by atoms with Crippen LogP contribution in [0.2, 0.25) is 5.02 Å². The number of nitrogens with one attached hydrogen (secondary N) is 1. The Hall–Kier alpha value is -2.41. The largest absolute Gasteiger partial charge is 0.490 e. The van der Waals surface area contributed by atoms with Crippen molar-refractivity contribution in [1.29, 1.82) is 0 Å². The number of ether oxygens (including phenoxy) is 2. The molecule has 0 fully saturated rings. The average molecular weight is 386 g/mol. The third-order valence-electron chi connectivity index (χ3n) is 3.76. The molecule has 1 N–H and O–H groups in total. The number of anilines is 1. The maximum absolute atomic E-state index is 12.6. The van der Waals surface area contributed by atoms with E-state index in [4.69, 9.17) is 21.1 Å². The molecule has 0 bridgehead atoms. The molecule has 0 unspecified atom stereocenters. The van der Waals surface area contributed by atoms with Gasteiger partial charge in [-0.05, 0) is 17.7 Å². The van der Waals surface area contributed by atoms with Crippen LogP contribution < -0.4 is 14.8 Å². The van der Waals surface area contributed by atoms with Gasteiger partial charge in [0.15, 0.2) is 11.5 Å². The molecule has 1 heterocycles. The van der Waals surface area contributed by atoms with Gasteiger partial charge in [0.1, 0.15) is 0 Å². The Kier molecular flexibility index (Phi) is 5.27. The smallest absolute Gasteiger partial charge is 0.416 e. The van der Waals surface area contributed by atoms with Crippen molar-refractivity contribution in [2.45, 2.75) is 19.0 Å². The van der Waals surface area contributed by atoms with Crippen LogP contribution in [-0.4, -0.2) is 19.1 Å². The summed E-state index contributed by atoms with van der Waals surface area (Å²) in [4.78, 5) is 12.2. The number of hydrogen-bond donors (Lipinski definition) is 1. The molecule has 2 aromatic rings. The molecule has 0 saturated carbocycles. The van der Waals surface area contributed by atoms with Crippen molar-refractivity contribution in [3.63, 3.8) is 0 Å². The van der Waals surface area contributed by atoms with Crippen molar-refractivity contribution in [3.8, 4) is 11.5 Å². The van der Waals surface area contributed by atoms with E-state index in [9.17, 15) is 18.0 Å². The van der Waals surface area contributed by atoms with E-state index in [2.05, 4.69) is 5.32 Å². The summed E-state index contributed by atoms with van der Waals surface area (Å²) in [7, 11) is 0. The summed E-state index contributed by atoms with van der Waals surface area (Å²) in [6.45, 7) is 1.01. The van der Waals surface area contributed by atoms with Gasteiger partial charge in [-0.2, -0.15) is 13.2 Å². The van der Waals surface area contributed by atoms with E-state index in [-0.39, 0.29) is 11.4 Å². The molecule has 0 saturated heterocycles. The molecule has 1 aliphatic heterocycles. The molecule has 0 spiro atoms. The van der Waals surface area contributed by atoms with Crippen molar-refractivity contribution in [2.75, 3.05) is 18.5 Å². The highest BCUT2D eigenvalue weighted by Gasteiger charge is 2.30. The second kappa shape index (κ2) is 7.45. The molecule has 3 rings (SSSR count). The van der Waals surface area contributed by atoms with E-state index >= 15 is 0 Å². The second-order valence-corrected chi connectivity index (χ2v) is 6.16. The molecule has 1 amide bonds. The minimum absolute atomic E-state index is 0.0804. The Balaban J connectivity index is 1.69. The molecule has 0 aliphatic carbocycles. The molecule has 8 heteroatoms. The van der Waals surface area contributed by atoms with Crippen molar-refractivity contribution >= 4 is 23.2 Å². The summed E-state index contributed by atoms with van der Waals surface area (Å²) in [5.41, 5.74) is 0.0568. The fraction of sp³-hybridized carbons (Fsp3) is 0.278. The predicted octanol–water partition coefficient (Wildman–Crippen LogP) is 4.70. The number of fused-ring (bicyclic) bond motifs is 1. The lowest BCUT2D eigenvalue weighted by Crippen LogP contribution is -2.15. The maximum Gasteiger partial charge on any atom is 0.416 e. The lowest BCUT2D eigenvalue weighted by atomic mass is 10.1. The Morgan fingerprint density at radius 3 is 2.31 bits per heavy atom. The van der Waals surface area contributed by atoms with Crippen LogP contribution in [-0.2, 0) is 17.4 Å². The molecule has 0 aromatic heterocycles. The normalized spacial score (nSPS) is 13.8. The first-order valence-electron chi connectivity index (χ1n) is 7.88. The van der Waals surface area contributed by atoms with E-state index in [1.54, 1.807) is 12.1 Å². The molecule has 138 valence electrons. The zero-order valence-corrected chi connectivity index (χ0v) is 14.3. The molecule has 1 aliphatic rings. The Morgan fingerprint density at radius 2 is 1.69 bits per heavy atom. The SMILES string of the molecule is O=C(Cc1ccc(C(F)(F)F)cc1)Nc1cc2c(cc1Cl)OCCCO2. The molecular weight excluding hydrogens is 371 g/mol. The van der Waals surface area contributed by atoms with Crippen molar-refractivity contribution in [1.82, 2.24) is 0 Å². The van der Waals surface area contributed by atoms with Gasteiger partial charge in [0.25, 0.3) is 0 Å². The van der Waals surface area contributed by atoms with Crippen LogP contribution >= 0.6 is 11.6 Å². The summed E-state index contributed by atoms with van der Waals surface area (Å²) in [5.74, 6) is 0.589. The summed E-state index contributed by atoms with van der Waals surface area (Å²) >= 11 is 6.16. The third-order valence-corrected chi connectivity index (χ3v) is 4.07. The molecular formula is C18H15ClF3NO3. The van der Waals surface area contributed by atoms with Gasteiger partial charge in [0.05, 0.1) is 35.9 Å². The van der Waals surface area contributed by atoms with E-state index in [0.717, 1.165) is 18.6 Å². The number of hydrogen-bond acceptors (Lipinski definition) is 3. The minimum atomic E-state index is -4.40. The van der Waals surface area contributed by atoms with Gasteiger partial charge in [0.2, 0.25) is 5.91 Å². The average Bonchev–Trinajstić information content (AvgIpc) is 2.79. The van der Waals surface area contributed by atoms with Crippen LogP contribution in [0.15, 0.2) is 36.4 Å². The number of amides is 1. The van der Waals surface area contributed by atoms with Gasteiger partial charge < -0.3 is 14.8 Å². The first-order chi connectivity index (χ1) is 12.3. The lowest BCUT2D eigenvalue weighted by Gasteiger charge is -2.13. The zero-order chi connectivity index (χ0) is 18.7. The summed E-state index contributed by atoms with van der Waals surface area (Å²) < 4.78 is 48.8. The molecule has 0 atom stereocenters. The van der Waals surface area contributed by atoms with Gasteiger partial charge in [-0.1, -0.05) is 23.7 Å². The molecule has 4 nitrogen and oxygen atoms in total. The highest BCUT2D eigenvalue weighted by atomic mass is 35.5. The maximum atomic E-state index is 12.6.